The van der Waals surface area contributed by atoms with Crippen molar-refractivity contribution in [3.8, 4) is 5.75 Å². The summed E-state index contributed by atoms with van der Waals surface area (Å²) in [6, 6.07) is 17.9. The fourth-order valence-electron chi connectivity index (χ4n) is 2.45. The van der Waals surface area contributed by atoms with Gasteiger partial charge in [-0.15, -0.1) is 5.10 Å². The molecule has 0 radical (unpaired) electrons. The fraction of sp³-hybridized carbons (Fsp3) is 0.190. The van der Waals surface area contributed by atoms with Gasteiger partial charge in [0.1, 0.15) is 5.75 Å². The average Bonchev–Trinajstić information content (AvgIpc) is 3.24. The second-order valence-corrected chi connectivity index (χ2v) is 7.03. The van der Waals surface area contributed by atoms with E-state index in [9.17, 15) is 0 Å². The number of nitrogens with zero attached hydrogens (tertiary/aromatic N) is 4. The SMILES string of the molecule is NC(=NN=Cc1cccc(OCCCn2ccnc2)c1)SCc1ccccc1. The van der Waals surface area contributed by atoms with Crippen LogP contribution in [0.1, 0.15) is 17.5 Å². The minimum Gasteiger partial charge on any atom is -0.494 e. The standard InChI is InChI=1S/C21H23N5OS/c22-21(28-16-18-6-2-1-3-7-18)25-24-15-19-8-4-9-20(14-19)27-13-5-11-26-12-10-23-17-26/h1-4,6-10,12,14-15,17H,5,11,13,16H2,(H2,22,25). The first-order valence-electron chi connectivity index (χ1n) is 9.01. The summed E-state index contributed by atoms with van der Waals surface area (Å²) in [4.78, 5) is 4.03. The molecule has 1 aromatic heterocycles. The zero-order chi connectivity index (χ0) is 19.4. The number of hydrogen-bond donors (Lipinski definition) is 1. The van der Waals surface area contributed by atoms with E-state index in [4.69, 9.17) is 10.5 Å². The molecule has 7 heteroatoms. The van der Waals surface area contributed by atoms with Gasteiger partial charge in [0.25, 0.3) is 0 Å². The van der Waals surface area contributed by atoms with Crippen LogP contribution in [-0.2, 0) is 12.3 Å². The van der Waals surface area contributed by atoms with Crippen molar-refractivity contribution in [1.82, 2.24) is 9.55 Å². The molecule has 0 fully saturated rings. The van der Waals surface area contributed by atoms with Crippen molar-refractivity contribution in [3.63, 3.8) is 0 Å². The first kappa shape index (κ1) is 19.7. The van der Waals surface area contributed by atoms with Crippen LogP contribution >= 0.6 is 11.8 Å². The van der Waals surface area contributed by atoms with Crippen LogP contribution in [0.15, 0.2) is 83.5 Å². The molecule has 3 aromatic rings. The Balaban J connectivity index is 1.43. The molecule has 28 heavy (non-hydrogen) atoms. The van der Waals surface area contributed by atoms with Crippen LogP contribution in [0, 0.1) is 0 Å². The first-order chi connectivity index (χ1) is 13.8. The Bertz CT molecular complexity index is 894. The molecule has 0 aliphatic carbocycles. The van der Waals surface area contributed by atoms with Gasteiger partial charge in [0.05, 0.1) is 19.1 Å². The quantitative estimate of drug-likeness (QED) is 0.259. The predicted molar refractivity (Wildman–Crippen MR) is 116 cm³/mol. The Hall–Kier alpha value is -3.06. The van der Waals surface area contributed by atoms with E-state index in [1.807, 2.05) is 53.2 Å². The number of aryl methyl sites for hydroxylation is 1. The Morgan fingerprint density at radius 1 is 1.18 bits per heavy atom. The van der Waals surface area contributed by atoms with Crippen LogP contribution in [0.3, 0.4) is 0 Å². The lowest BCUT2D eigenvalue weighted by atomic mass is 10.2. The van der Waals surface area contributed by atoms with Crippen molar-refractivity contribution >= 4 is 23.1 Å². The van der Waals surface area contributed by atoms with Gasteiger partial charge < -0.3 is 15.0 Å². The molecule has 1 heterocycles. The number of hydrogen-bond acceptors (Lipinski definition) is 5. The van der Waals surface area contributed by atoms with Gasteiger partial charge in [-0.25, -0.2) is 4.98 Å². The number of aromatic nitrogens is 2. The van der Waals surface area contributed by atoms with Crippen molar-refractivity contribution in [3.05, 3.63) is 84.4 Å². The average molecular weight is 394 g/mol. The lowest BCUT2D eigenvalue weighted by Crippen LogP contribution is -2.06. The lowest BCUT2D eigenvalue weighted by Gasteiger charge is -2.07. The molecule has 0 atom stereocenters. The van der Waals surface area contributed by atoms with Gasteiger partial charge in [0.2, 0.25) is 0 Å². The van der Waals surface area contributed by atoms with Gasteiger partial charge in [0.15, 0.2) is 5.17 Å². The molecule has 0 saturated carbocycles. The number of benzene rings is 2. The molecule has 2 aromatic carbocycles. The van der Waals surface area contributed by atoms with E-state index in [2.05, 4.69) is 27.3 Å². The van der Waals surface area contributed by atoms with E-state index in [1.54, 1.807) is 18.7 Å². The van der Waals surface area contributed by atoms with Crippen molar-refractivity contribution in [2.75, 3.05) is 6.61 Å². The van der Waals surface area contributed by atoms with Gasteiger partial charge >= 0.3 is 0 Å². The van der Waals surface area contributed by atoms with Crippen molar-refractivity contribution in [2.24, 2.45) is 15.9 Å². The molecule has 2 N–H and O–H groups in total. The highest BCUT2D eigenvalue weighted by molar-refractivity contribution is 8.13. The van der Waals surface area contributed by atoms with Gasteiger partial charge in [-0.2, -0.15) is 5.10 Å². The minimum absolute atomic E-state index is 0.437. The zero-order valence-corrected chi connectivity index (χ0v) is 16.3. The number of imidazole rings is 1. The summed E-state index contributed by atoms with van der Waals surface area (Å²) >= 11 is 1.46. The summed E-state index contributed by atoms with van der Waals surface area (Å²) in [6.07, 6.45) is 8.12. The van der Waals surface area contributed by atoms with Crippen LogP contribution in [0.4, 0.5) is 0 Å². The summed E-state index contributed by atoms with van der Waals surface area (Å²) in [6.45, 7) is 1.52. The molecule has 0 unspecified atom stereocenters. The maximum atomic E-state index is 5.90. The lowest BCUT2D eigenvalue weighted by molar-refractivity contribution is 0.301. The molecule has 0 spiro atoms. The Kier molecular flexibility index (Phi) is 7.69. The number of rotatable bonds is 9. The maximum Gasteiger partial charge on any atom is 0.180 e. The van der Waals surface area contributed by atoms with E-state index in [0.717, 1.165) is 30.0 Å². The second kappa shape index (κ2) is 10.9. The summed E-state index contributed by atoms with van der Waals surface area (Å²) in [5.41, 5.74) is 8.02. The Labute approximate surface area is 169 Å². The van der Waals surface area contributed by atoms with Crippen LogP contribution in [0.2, 0.25) is 0 Å². The molecule has 0 aliphatic heterocycles. The Morgan fingerprint density at radius 2 is 2.07 bits per heavy atom. The first-order valence-corrected chi connectivity index (χ1v) is 10.00. The van der Waals surface area contributed by atoms with Gasteiger partial charge in [0, 0.05) is 24.7 Å². The molecule has 0 bridgehead atoms. The van der Waals surface area contributed by atoms with Crippen LogP contribution < -0.4 is 10.5 Å². The fourth-order valence-corrected chi connectivity index (χ4v) is 3.07. The zero-order valence-electron chi connectivity index (χ0n) is 15.5. The molecule has 0 saturated heterocycles. The largest absolute Gasteiger partial charge is 0.494 e. The van der Waals surface area contributed by atoms with Crippen LogP contribution in [0.25, 0.3) is 0 Å². The second-order valence-electron chi connectivity index (χ2n) is 6.03. The molecule has 144 valence electrons. The topological polar surface area (TPSA) is 77.8 Å². The predicted octanol–water partition coefficient (Wildman–Crippen LogP) is 3.93. The van der Waals surface area contributed by atoms with E-state index in [1.165, 1.54) is 17.3 Å². The Morgan fingerprint density at radius 3 is 2.89 bits per heavy atom. The monoisotopic (exact) mass is 393 g/mol. The van der Waals surface area contributed by atoms with E-state index in [-0.39, 0.29) is 0 Å². The van der Waals surface area contributed by atoms with Crippen molar-refractivity contribution in [1.29, 1.82) is 0 Å². The third-order valence-corrected chi connectivity index (χ3v) is 4.69. The van der Waals surface area contributed by atoms with Crippen molar-refractivity contribution in [2.45, 2.75) is 18.7 Å². The van der Waals surface area contributed by atoms with Crippen LogP contribution in [-0.4, -0.2) is 27.5 Å². The smallest absolute Gasteiger partial charge is 0.180 e. The number of thioether (sulfide) groups is 1. The summed E-state index contributed by atoms with van der Waals surface area (Å²) < 4.78 is 7.83. The normalized spacial score (nSPS) is 11.8. The third-order valence-electron chi connectivity index (χ3n) is 3.84. The highest BCUT2D eigenvalue weighted by Gasteiger charge is 1.98. The highest BCUT2D eigenvalue weighted by atomic mass is 32.2. The molecular formula is C21H23N5OS. The minimum atomic E-state index is 0.437. The van der Waals surface area contributed by atoms with Crippen LogP contribution in [0.5, 0.6) is 5.75 Å². The highest BCUT2D eigenvalue weighted by Crippen LogP contribution is 2.13. The molecule has 3 rings (SSSR count). The van der Waals surface area contributed by atoms with Crippen molar-refractivity contribution < 1.29 is 4.74 Å². The van der Waals surface area contributed by atoms with Gasteiger partial charge in [-0.3, -0.25) is 0 Å². The van der Waals surface area contributed by atoms with E-state index >= 15 is 0 Å². The summed E-state index contributed by atoms with van der Waals surface area (Å²) in [5.74, 6) is 1.58. The maximum absolute atomic E-state index is 5.90. The third kappa shape index (κ3) is 6.92. The molecular weight excluding hydrogens is 370 g/mol. The molecule has 0 amide bonds. The van der Waals surface area contributed by atoms with Gasteiger partial charge in [-0.05, 0) is 29.7 Å². The number of nitrogens with two attached hydrogens (primary N) is 1. The number of ether oxygens (including phenoxy) is 1. The number of amidine groups is 1. The van der Waals surface area contributed by atoms with E-state index in [0.29, 0.717) is 11.8 Å². The molecule has 6 nitrogen and oxygen atoms in total. The van der Waals surface area contributed by atoms with E-state index < -0.39 is 0 Å². The summed E-state index contributed by atoms with van der Waals surface area (Å²) in [5, 5.41) is 8.56. The van der Waals surface area contributed by atoms with Gasteiger partial charge in [-0.1, -0.05) is 54.2 Å². The summed E-state index contributed by atoms with van der Waals surface area (Å²) in [7, 11) is 0. The molecule has 0 aliphatic rings.